The first kappa shape index (κ1) is 27.9. The number of aromatic nitrogens is 3. The van der Waals surface area contributed by atoms with Gasteiger partial charge in [0.2, 0.25) is 5.91 Å². The Balaban J connectivity index is 1.38. The van der Waals surface area contributed by atoms with Crippen molar-refractivity contribution in [1.82, 2.24) is 29.2 Å². The molecule has 1 saturated heterocycles. The van der Waals surface area contributed by atoms with E-state index >= 15 is 0 Å². The number of anilines is 1. The lowest BCUT2D eigenvalue weighted by Crippen LogP contribution is -2.49. The third-order valence-corrected chi connectivity index (χ3v) is 7.87. The molecule has 1 fully saturated rings. The van der Waals surface area contributed by atoms with Crippen molar-refractivity contribution in [2.45, 2.75) is 45.7 Å². The smallest absolute Gasteiger partial charge is 0.237 e. The van der Waals surface area contributed by atoms with Crippen LogP contribution in [-0.4, -0.2) is 86.6 Å². The van der Waals surface area contributed by atoms with E-state index in [1.54, 1.807) is 12.1 Å². The van der Waals surface area contributed by atoms with Gasteiger partial charge in [-0.15, -0.1) is 0 Å². The zero-order valence-corrected chi connectivity index (χ0v) is 23.7. The Hall–Kier alpha value is -3.69. The average Bonchev–Trinajstić information content (AvgIpc) is 3.33. The minimum atomic E-state index is 0.137. The number of hydrogen-bond acceptors (Lipinski definition) is 7. The van der Waals surface area contributed by atoms with Crippen molar-refractivity contribution in [1.29, 1.82) is 0 Å². The number of piperazine rings is 1. The number of hydrogen-bond donors (Lipinski definition) is 2. The molecular weight excluding hydrogens is 502 g/mol. The highest BCUT2D eigenvalue weighted by atomic mass is 16.3. The molecule has 4 aromatic rings. The molecule has 1 aliphatic heterocycles. The molecule has 212 valence electrons. The Kier molecular flexibility index (Phi) is 8.81. The molecule has 40 heavy (non-hydrogen) atoms. The lowest BCUT2D eigenvalue weighted by molar-refractivity contribution is -0.133. The molecule has 2 aromatic heterocycles. The monoisotopic (exact) mass is 543 g/mol. The third-order valence-electron chi connectivity index (χ3n) is 7.87. The van der Waals surface area contributed by atoms with Crippen molar-refractivity contribution in [3.63, 3.8) is 0 Å². The summed E-state index contributed by atoms with van der Waals surface area (Å²) in [6.45, 7) is 8.24. The first-order chi connectivity index (χ1) is 19.4. The molecule has 2 aromatic carbocycles. The van der Waals surface area contributed by atoms with Gasteiger partial charge in [-0.25, -0.2) is 9.97 Å². The Bertz CT molecular complexity index is 1440. The van der Waals surface area contributed by atoms with Gasteiger partial charge in [0.05, 0.1) is 17.6 Å². The van der Waals surface area contributed by atoms with Crippen LogP contribution in [0.1, 0.15) is 37.6 Å². The van der Waals surface area contributed by atoms with E-state index in [2.05, 4.69) is 39.4 Å². The largest absolute Gasteiger partial charge is 0.508 e. The molecule has 0 saturated carbocycles. The van der Waals surface area contributed by atoms with Crippen LogP contribution in [0.3, 0.4) is 0 Å². The molecule has 0 aliphatic carbocycles. The van der Waals surface area contributed by atoms with Crippen LogP contribution in [0.2, 0.25) is 0 Å². The number of fused-ring (bicyclic) bond motifs is 3. The Morgan fingerprint density at radius 2 is 1.77 bits per heavy atom. The van der Waals surface area contributed by atoms with E-state index in [0.29, 0.717) is 25.5 Å². The van der Waals surface area contributed by atoms with Crippen LogP contribution < -0.4 is 5.73 Å². The number of phenols is 1. The lowest BCUT2D eigenvalue weighted by Gasteiger charge is -2.33. The van der Waals surface area contributed by atoms with Gasteiger partial charge in [-0.2, -0.15) is 0 Å². The number of nitrogen functional groups attached to an aromatic ring is 1. The number of carbonyl (C=O) groups excluding carboxylic acids is 1. The Morgan fingerprint density at radius 1 is 1.02 bits per heavy atom. The molecule has 0 bridgehead atoms. The molecule has 5 rings (SSSR count). The van der Waals surface area contributed by atoms with E-state index in [1.165, 1.54) is 0 Å². The summed E-state index contributed by atoms with van der Waals surface area (Å²) in [5.41, 5.74) is 10.0. The van der Waals surface area contributed by atoms with Crippen molar-refractivity contribution in [2.24, 2.45) is 0 Å². The number of nitrogens with two attached hydrogens (primary N) is 1. The number of likely N-dealkylation sites (N-methyl/N-ethyl adjacent to an activating group) is 1. The van der Waals surface area contributed by atoms with Crippen LogP contribution in [-0.2, 0) is 24.3 Å². The molecule has 0 atom stereocenters. The van der Waals surface area contributed by atoms with Crippen molar-refractivity contribution >= 4 is 33.7 Å². The number of imidazole rings is 1. The van der Waals surface area contributed by atoms with Crippen molar-refractivity contribution < 1.29 is 9.90 Å². The molecule has 0 spiro atoms. The molecule has 1 amide bonds. The molecule has 3 heterocycles. The summed E-state index contributed by atoms with van der Waals surface area (Å²) < 4.78 is 2.30. The summed E-state index contributed by atoms with van der Waals surface area (Å²) >= 11 is 0. The number of rotatable bonds is 11. The van der Waals surface area contributed by atoms with Gasteiger partial charge in [-0.3, -0.25) is 9.69 Å². The molecule has 9 heteroatoms. The second kappa shape index (κ2) is 12.7. The van der Waals surface area contributed by atoms with Gasteiger partial charge in [0.15, 0.2) is 5.82 Å². The number of nitrogens with zero attached hydrogens (tertiary/aromatic N) is 6. The predicted octanol–water partition coefficient (Wildman–Crippen LogP) is 3.88. The van der Waals surface area contributed by atoms with Crippen LogP contribution in [0.4, 0.5) is 5.82 Å². The summed E-state index contributed by atoms with van der Waals surface area (Å²) in [4.78, 5) is 29.6. The summed E-state index contributed by atoms with van der Waals surface area (Å²) in [7, 11) is 2.12. The van der Waals surface area contributed by atoms with Gasteiger partial charge in [0.25, 0.3) is 0 Å². The third kappa shape index (κ3) is 6.37. The van der Waals surface area contributed by atoms with Crippen LogP contribution in [0, 0.1) is 0 Å². The molecule has 0 unspecified atom stereocenters. The van der Waals surface area contributed by atoms with Gasteiger partial charge in [0, 0.05) is 57.6 Å². The number of pyridine rings is 1. The number of unbranched alkanes of at least 4 members (excludes halogenated alkanes) is 1. The number of benzene rings is 2. The Morgan fingerprint density at radius 3 is 2.52 bits per heavy atom. The topological polar surface area (TPSA) is 104 Å². The highest BCUT2D eigenvalue weighted by Gasteiger charge is 2.22. The number of carbonyl (C=O) groups is 1. The fourth-order valence-corrected chi connectivity index (χ4v) is 5.50. The number of aromatic hydroxyl groups is 1. The standard InChI is InChI=1S/C31H41N7O2/c1-3-4-10-27-34-29-30(25-8-5-6-9-26(25)33-31(29)32)38(27)16-7-15-37(21-23-11-13-24(39)14-12-23)28(40)22-36-19-17-35(2)18-20-36/h5-6,8-9,11-14,39H,3-4,7,10,15-22H2,1-2H3,(H2,32,33). The van der Waals surface area contributed by atoms with E-state index in [9.17, 15) is 9.90 Å². The maximum atomic E-state index is 13.6. The molecule has 1 aliphatic rings. The van der Waals surface area contributed by atoms with Crippen molar-refractivity contribution in [3.05, 3.63) is 59.9 Å². The van der Waals surface area contributed by atoms with E-state index in [4.69, 9.17) is 10.7 Å². The number of amides is 1. The van der Waals surface area contributed by atoms with Gasteiger partial charge in [0.1, 0.15) is 17.1 Å². The van der Waals surface area contributed by atoms with E-state index in [1.807, 2.05) is 35.2 Å². The zero-order chi connectivity index (χ0) is 28.1. The van der Waals surface area contributed by atoms with Crippen LogP contribution in [0.5, 0.6) is 5.75 Å². The summed E-state index contributed by atoms with van der Waals surface area (Å²) in [6, 6.07) is 15.2. The Labute approximate surface area is 236 Å². The van der Waals surface area contributed by atoms with E-state index in [-0.39, 0.29) is 11.7 Å². The van der Waals surface area contributed by atoms with Crippen molar-refractivity contribution in [3.8, 4) is 5.75 Å². The average molecular weight is 544 g/mol. The van der Waals surface area contributed by atoms with Crippen LogP contribution in [0.25, 0.3) is 21.9 Å². The maximum Gasteiger partial charge on any atom is 0.237 e. The first-order valence-corrected chi connectivity index (χ1v) is 14.4. The lowest BCUT2D eigenvalue weighted by atomic mass is 10.1. The van der Waals surface area contributed by atoms with E-state index < -0.39 is 0 Å². The maximum absolute atomic E-state index is 13.6. The van der Waals surface area contributed by atoms with Crippen LogP contribution >= 0.6 is 0 Å². The van der Waals surface area contributed by atoms with Gasteiger partial charge in [-0.1, -0.05) is 43.7 Å². The van der Waals surface area contributed by atoms with E-state index in [0.717, 1.165) is 91.7 Å². The quantitative estimate of drug-likeness (QED) is 0.296. The normalized spacial score (nSPS) is 14.8. The minimum Gasteiger partial charge on any atom is -0.508 e. The van der Waals surface area contributed by atoms with Gasteiger partial charge in [-0.05, 0) is 43.7 Å². The van der Waals surface area contributed by atoms with Gasteiger partial charge < -0.3 is 25.2 Å². The highest BCUT2D eigenvalue weighted by molar-refractivity contribution is 6.06. The van der Waals surface area contributed by atoms with Crippen molar-refractivity contribution in [2.75, 3.05) is 52.0 Å². The first-order valence-electron chi connectivity index (χ1n) is 14.4. The molecule has 3 N–H and O–H groups in total. The predicted molar refractivity (Wildman–Crippen MR) is 160 cm³/mol. The minimum absolute atomic E-state index is 0.137. The van der Waals surface area contributed by atoms with Crippen LogP contribution in [0.15, 0.2) is 48.5 Å². The van der Waals surface area contributed by atoms with Gasteiger partial charge >= 0.3 is 0 Å². The second-order valence-corrected chi connectivity index (χ2v) is 10.9. The fraction of sp³-hybridized carbons (Fsp3) is 0.452. The molecule has 0 radical (unpaired) electrons. The molecular formula is C31H41N7O2. The summed E-state index contributed by atoms with van der Waals surface area (Å²) in [5.74, 6) is 1.85. The highest BCUT2D eigenvalue weighted by Crippen LogP contribution is 2.29. The number of phenolic OH excluding ortho intramolecular Hbond substituents is 1. The molecule has 9 nitrogen and oxygen atoms in total. The zero-order valence-electron chi connectivity index (χ0n) is 23.7. The number of aryl methyl sites for hydroxylation is 2. The second-order valence-electron chi connectivity index (χ2n) is 10.9. The SMILES string of the molecule is CCCCc1nc2c(N)nc3ccccc3c2n1CCCN(Cc1ccc(O)cc1)C(=O)CN1CCN(C)CC1. The summed E-state index contributed by atoms with van der Waals surface area (Å²) in [5, 5.41) is 10.8. The number of para-hydroxylation sites is 1. The summed E-state index contributed by atoms with van der Waals surface area (Å²) in [6.07, 6.45) is 3.79. The fourth-order valence-electron chi connectivity index (χ4n) is 5.50.